The summed E-state index contributed by atoms with van der Waals surface area (Å²) in [6.45, 7) is 4.42. The smallest absolute Gasteiger partial charge is 0.0207 e. The largest absolute Gasteiger partial charge is 0.0888 e. The van der Waals surface area contributed by atoms with Gasteiger partial charge in [-0.3, -0.25) is 0 Å². The first-order valence-electron chi connectivity index (χ1n) is 6.56. The molecule has 0 saturated carbocycles. The molecule has 4 rings (SSSR count). The fraction of sp³-hybridized carbons (Fsp3) is 0.111. The summed E-state index contributed by atoms with van der Waals surface area (Å²) in [5.41, 5.74) is 5.50. The van der Waals surface area contributed by atoms with Gasteiger partial charge in [-0.25, -0.2) is 0 Å². The number of aryl methyl sites for hydroxylation is 2. The zero-order chi connectivity index (χ0) is 13.0. The van der Waals surface area contributed by atoms with Gasteiger partial charge in [-0.1, -0.05) is 48.2 Å². The summed E-state index contributed by atoms with van der Waals surface area (Å²) in [6.07, 6.45) is 0. The van der Waals surface area contributed by atoms with Crippen molar-refractivity contribution in [3.63, 3.8) is 0 Å². The third-order valence-corrected chi connectivity index (χ3v) is 5.07. The predicted octanol–water partition coefficient (Wildman–Crippen LogP) is 5.59. The van der Waals surface area contributed by atoms with Crippen molar-refractivity contribution in [3.05, 3.63) is 59.7 Å². The third-order valence-electron chi connectivity index (χ3n) is 3.94. The lowest BCUT2D eigenvalue weighted by Gasteiger charge is -2.22. The molecule has 1 aliphatic rings. The van der Waals surface area contributed by atoms with Crippen LogP contribution in [-0.4, -0.2) is 0 Å². The molecule has 0 unspecified atom stereocenters. The third kappa shape index (κ3) is 1.48. The lowest BCUT2D eigenvalue weighted by molar-refractivity contribution is 1.36. The Morgan fingerprint density at radius 3 is 2.21 bits per heavy atom. The fourth-order valence-electron chi connectivity index (χ4n) is 3.04. The number of benzene rings is 3. The highest BCUT2D eigenvalue weighted by molar-refractivity contribution is 7.99. The van der Waals surface area contributed by atoms with Crippen molar-refractivity contribution < 1.29 is 0 Å². The quantitative estimate of drug-likeness (QED) is 0.398. The summed E-state index contributed by atoms with van der Waals surface area (Å²) >= 11 is 1.89. The van der Waals surface area contributed by atoms with Crippen LogP contribution in [0.15, 0.2) is 58.3 Å². The van der Waals surface area contributed by atoms with Gasteiger partial charge < -0.3 is 0 Å². The average Bonchev–Trinajstić information content (AvgIpc) is 2.43. The van der Waals surface area contributed by atoms with Gasteiger partial charge in [0.25, 0.3) is 0 Å². The van der Waals surface area contributed by atoms with Crippen molar-refractivity contribution in [2.24, 2.45) is 0 Å². The van der Waals surface area contributed by atoms with E-state index >= 15 is 0 Å². The minimum absolute atomic E-state index is 1.36. The molecule has 0 bridgehead atoms. The molecule has 0 N–H and O–H groups in total. The molecule has 0 atom stereocenters. The standard InChI is InChI=1S/C18H14S/c1-11-7-9-14-13-5-3-4-6-15(13)19-16-10-8-12(2)17(11)18(14)16/h3-10H,1-2H3. The molecule has 0 radical (unpaired) electrons. The van der Waals surface area contributed by atoms with E-state index in [-0.39, 0.29) is 0 Å². The highest BCUT2D eigenvalue weighted by atomic mass is 32.2. The van der Waals surface area contributed by atoms with Crippen LogP contribution in [0.2, 0.25) is 0 Å². The van der Waals surface area contributed by atoms with Crippen molar-refractivity contribution in [2.45, 2.75) is 23.6 Å². The summed E-state index contributed by atoms with van der Waals surface area (Å²) in [5, 5.41) is 2.86. The summed E-state index contributed by atoms with van der Waals surface area (Å²) in [6, 6.07) is 17.7. The van der Waals surface area contributed by atoms with E-state index in [4.69, 9.17) is 0 Å². The van der Waals surface area contributed by atoms with Crippen LogP contribution in [0.5, 0.6) is 0 Å². The first-order valence-corrected chi connectivity index (χ1v) is 7.37. The van der Waals surface area contributed by atoms with Gasteiger partial charge in [0.2, 0.25) is 0 Å². The molecule has 0 aliphatic carbocycles. The van der Waals surface area contributed by atoms with Crippen molar-refractivity contribution in [3.8, 4) is 11.1 Å². The Balaban J connectivity index is 2.23. The molecule has 3 aromatic rings. The van der Waals surface area contributed by atoms with Crippen LogP contribution in [0.25, 0.3) is 21.9 Å². The van der Waals surface area contributed by atoms with E-state index < -0.39 is 0 Å². The Hall–Kier alpha value is -1.73. The van der Waals surface area contributed by atoms with Crippen LogP contribution in [0.1, 0.15) is 11.1 Å². The monoisotopic (exact) mass is 262 g/mol. The van der Waals surface area contributed by atoms with Crippen LogP contribution in [0.3, 0.4) is 0 Å². The van der Waals surface area contributed by atoms with Crippen molar-refractivity contribution in [1.82, 2.24) is 0 Å². The van der Waals surface area contributed by atoms with Crippen molar-refractivity contribution >= 4 is 22.5 Å². The van der Waals surface area contributed by atoms with Gasteiger partial charge >= 0.3 is 0 Å². The van der Waals surface area contributed by atoms with Crippen LogP contribution in [-0.2, 0) is 0 Å². The molecule has 0 amide bonds. The number of rotatable bonds is 0. The van der Waals surface area contributed by atoms with Crippen molar-refractivity contribution in [1.29, 1.82) is 0 Å². The molecule has 1 heterocycles. The molecule has 92 valence electrons. The van der Waals surface area contributed by atoms with Gasteiger partial charge in [0.15, 0.2) is 0 Å². The van der Waals surface area contributed by atoms with Crippen LogP contribution >= 0.6 is 11.8 Å². The molecule has 19 heavy (non-hydrogen) atoms. The average molecular weight is 262 g/mol. The zero-order valence-electron chi connectivity index (χ0n) is 11.0. The second-order valence-corrected chi connectivity index (χ2v) is 6.24. The van der Waals surface area contributed by atoms with E-state index in [0.717, 1.165) is 0 Å². The lowest BCUT2D eigenvalue weighted by atomic mass is 9.92. The van der Waals surface area contributed by atoms with Crippen LogP contribution in [0.4, 0.5) is 0 Å². The highest BCUT2D eigenvalue weighted by Gasteiger charge is 2.19. The summed E-state index contributed by atoms with van der Waals surface area (Å²) in [4.78, 5) is 2.75. The minimum Gasteiger partial charge on any atom is -0.0888 e. The van der Waals surface area contributed by atoms with E-state index in [0.29, 0.717) is 0 Å². The van der Waals surface area contributed by atoms with Gasteiger partial charge in [0.05, 0.1) is 0 Å². The molecule has 0 nitrogen and oxygen atoms in total. The topological polar surface area (TPSA) is 0 Å². The van der Waals surface area contributed by atoms with Gasteiger partial charge in [-0.15, -0.1) is 0 Å². The maximum atomic E-state index is 2.28. The summed E-state index contributed by atoms with van der Waals surface area (Å²) in [5.74, 6) is 0. The Kier molecular flexibility index (Phi) is 2.27. The summed E-state index contributed by atoms with van der Waals surface area (Å²) in [7, 11) is 0. The lowest BCUT2D eigenvalue weighted by Crippen LogP contribution is -1.95. The Morgan fingerprint density at radius 2 is 1.37 bits per heavy atom. The molecule has 1 heteroatoms. The Morgan fingerprint density at radius 1 is 0.632 bits per heavy atom. The Labute approximate surface area is 117 Å². The van der Waals surface area contributed by atoms with Crippen LogP contribution < -0.4 is 0 Å². The normalized spacial score (nSPS) is 12.5. The fourth-order valence-corrected chi connectivity index (χ4v) is 4.17. The predicted molar refractivity (Wildman–Crippen MR) is 83.0 cm³/mol. The van der Waals surface area contributed by atoms with E-state index in [1.165, 1.54) is 42.8 Å². The SMILES string of the molecule is Cc1ccc2c3c(ccc(C)c13)-c1ccccc1S2. The minimum atomic E-state index is 1.36. The van der Waals surface area contributed by atoms with E-state index in [1.54, 1.807) is 0 Å². The molecule has 3 aromatic carbocycles. The molecular formula is C18H14S. The van der Waals surface area contributed by atoms with Gasteiger partial charge in [0, 0.05) is 15.2 Å². The van der Waals surface area contributed by atoms with Crippen LogP contribution in [0, 0.1) is 13.8 Å². The van der Waals surface area contributed by atoms with E-state index in [9.17, 15) is 0 Å². The molecule has 0 saturated heterocycles. The molecular weight excluding hydrogens is 248 g/mol. The maximum absolute atomic E-state index is 2.28. The number of hydrogen-bond donors (Lipinski definition) is 0. The highest BCUT2D eigenvalue weighted by Crippen LogP contribution is 2.48. The second kappa shape index (κ2) is 3.88. The first-order chi connectivity index (χ1) is 9.25. The Bertz CT molecular complexity index is 807. The molecule has 0 spiro atoms. The maximum Gasteiger partial charge on any atom is 0.0207 e. The first kappa shape index (κ1) is 11.1. The van der Waals surface area contributed by atoms with E-state index in [2.05, 4.69) is 62.4 Å². The molecule has 0 fully saturated rings. The number of hydrogen-bond acceptors (Lipinski definition) is 1. The van der Waals surface area contributed by atoms with E-state index in [1.807, 2.05) is 11.8 Å². The van der Waals surface area contributed by atoms with Crippen molar-refractivity contribution in [2.75, 3.05) is 0 Å². The second-order valence-electron chi connectivity index (χ2n) is 5.16. The zero-order valence-corrected chi connectivity index (χ0v) is 11.8. The molecule has 0 aromatic heterocycles. The summed E-state index contributed by atoms with van der Waals surface area (Å²) < 4.78 is 0. The van der Waals surface area contributed by atoms with Gasteiger partial charge in [0.1, 0.15) is 0 Å². The molecule has 1 aliphatic heterocycles. The number of fused-ring (bicyclic) bond motifs is 2. The van der Waals surface area contributed by atoms with Gasteiger partial charge in [-0.2, -0.15) is 0 Å². The van der Waals surface area contributed by atoms with Gasteiger partial charge in [-0.05, 0) is 53.6 Å².